The quantitative estimate of drug-likeness (QED) is 0.825. The lowest BCUT2D eigenvalue weighted by atomic mass is 10.3. The molecule has 2 aromatic rings. The Morgan fingerprint density at radius 3 is 2.90 bits per heavy atom. The van der Waals surface area contributed by atoms with Gasteiger partial charge in [-0.05, 0) is 23.7 Å². The number of aromatic amines is 1. The predicted octanol–water partition coefficient (Wildman–Crippen LogP) is 2.74. The third kappa shape index (κ3) is 4.39. The second-order valence-electron chi connectivity index (χ2n) is 4.12. The Balaban J connectivity index is 1.99. The van der Waals surface area contributed by atoms with Crippen molar-refractivity contribution in [1.29, 1.82) is 0 Å². The van der Waals surface area contributed by atoms with Gasteiger partial charge in [0.25, 0.3) is 0 Å². The van der Waals surface area contributed by atoms with E-state index in [1.54, 1.807) is 4.57 Å². The van der Waals surface area contributed by atoms with E-state index in [2.05, 4.69) is 10.2 Å². The topological polar surface area (TPSA) is 62.7 Å². The molecule has 2 N–H and O–H groups in total. The summed E-state index contributed by atoms with van der Waals surface area (Å²) in [5.74, 6) is -0.119. The Kier molecular flexibility index (Phi) is 4.78. The molecule has 0 unspecified atom stereocenters. The first kappa shape index (κ1) is 15.7. The highest BCUT2D eigenvalue weighted by Gasteiger charge is 2.27. The van der Waals surface area contributed by atoms with Crippen molar-refractivity contribution in [1.82, 2.24) is 20.1 Å². The van der Waals surface area contributed by atoms with Crippen LogP contribution in [0.3, 0.4) is 0 Å². The number of carbonyl (C=O) groups excluding carboxylic acids is 1. The van der Waals surface area contributed by atoms with E-state index in [0.29, 0.717) is 10.6 Å². The van der Waals surface area contributed by atoms with Crippen LogP contribution in [0.2, 0.25) is 0 Å². The summed E-state index contributed by atoms with van der Waals surface area (Å²) in [7, 11) is 0. The number of H-pyrrole nitrogens is 1. The highest BCUT2D eigenvalue weighted by Crippen LogP contribution is 2.22. The molecule has 2 aromatic heterocycles. The summed E-state index contributed by atoms with van der Waals surface area (Å²) in [5, 5.41) is 10.4. The molecular formula is C11H11F3N4OS2. The fourth-order valence-electron chi connectivity index (χ4n) is 1.62. The smallest absolute Gasteiger partial charge is 0.347 e. The van der Waals surface area contributed by atoms with E-state index in [0.717, 1.165) is 4.88 Å². The Morgan fingerprint density at radius 1 is 1.52 bits per heavy atom. The molecule has 10 heteroatoms. The summed E-state index contributed by atoms with van der Waals surface area (Å²) in [5.41, 5.74) is 0. The summed E-state index contributed by atoms with van der Waals surface area (Å²) in [6.45, 7) is -1.17. The summed E-state index contributed by atoms with van der Waals surface area (Å²) < 4.78 is 37.9. The number of rotatable bonds is 5. The summed E-state index contributed by atoms with van der Waals surface area (Å²) in [6, 6.07) is 3.69. The molecule has 0 aliphatic rings. The molecule has 0 atom stereocenters. The molecule has 0 spiro atoms. The van der Waals surface area contributed by atoms with Gasteiger partial charge in [0.15, 0.2) is 10.6 Å². The van der Waals surface area contributed by atoms with Gasteiger partial charge in [-0.3, -0.25) is 14.5 Å². The number of hydrogen-bond donors (Lipinski definition) is 2. The molecule has 0 radical (unpaired) electrons. The van der Waals surface area contributed by atoms with E-state index in [9.17, 15) is 18.0 Å². The van der Waals surface area contributed by atoms with Crippen molar-refractivity contribution in [2.75, 3.05) is 6.54 Å². The monoisotopic (exact) mass is 336 g/mol. The minimum atomic E-state index is -4.41. The molecule has 1 amide bonds. The van der Waals surface area contributed by atoms with Gasteiger partial charge in [-0.2, -0.15) is 18.3 Å². The number of amides is 1. The van der Waals surface area contributed by atoms with Gasteiger partial charge in [0, 0.05) is 13.0 Å². The Bertz CT molecular complexity index is 660. The zero-order chi connectivity index (χ0) is 15.5. The van der Waals surface area contributed by atoms with Crippen LogP contribution in [-0.4, -0.2) is 33.4 Å². The van der Waals surface area contributed by atoms with Crippen molar-refractivity contribution in [2.24, 2.45) is 0 Å². The Labute approximate surface area is 126 Å². The second-order valence-corrected chi connectivity index (χ2v) is 5.46. The molecule has 0 aliphatic heterocycles. The molecule has 21 heavy (non-hydrogen) atoms. The lowest BCUT2D eigenvalue weighted by molar-refractivity contribution is -0.138. The standard InChI is InChI=1S/C11H11F3N4OS2/c12-11(13,14)6-15-8(19)3-4-18-9(16-17-10(18)20)7-2-1-5-21-7/h1-2,5H,3-4,6H2,(H,15,19)(H,17,20). The van der Waals surface area contributed by atoms with Gasteiger partial charge in [-0.15, -0.1) is 11.3 Å². The number of halogens is 3. The van der Waals surface area contributed by atoms with Crippen LogP contribution >= 0.6 is 23.6 Å². The molecule has 0 saturated heterocycles. The van der Waals surface area contributed by atoms with E-state index in [1.807, 2.05) is 22.8 Å². The van der Waals surface area contributed by atoms with Gasteiger partial charge in [0.1, 0.15) is 6.54 Å². The van der Waals surface area contributed by atoms with Gasteiger partial charge < -0.3 is 5.32 Å². The summed E-state index contributed by atoms with van der Waals surface area (Å²) in [4.78, 5) is 12.3. The Hall–Kier alpha value is -1.68. The zero-order valence-corrected chi connectivity index (χ0v) is 12.2. The number of aromatic nitrogens is 3. The van der Waals surface area contributed by atoms with Gasteiger partial charge >= 0.3 is 6.18 Å². The SMILES string of the molecule is O=C(CCn1c(-c2cccs2)n[nH]c1=S)NCC(F)(F)F. The van der Waals surface area contributed by atoms with Crippen molar-refractivity contribution in [2.45, 2.75) is 19.1 Å². The molecule has 0 saturated carbocycles. The maximum absolute atomic E-state index is 12.0. The van der Waals surface area contributed by atoms with Crippen molar-refractivity contribution < 1.29 is 18.0 Å². The van der Waals surface area contributed by atoms with E-state index in [1.165, 1.54) is 11.3 Å². The van der Waals surface area contributed by atoms with Crippen LogP contribution in [0.5, 0.6) is 0 Å². The fourth-order valence-corrected chi connectivity index (χ4v) is 2.57. The van der Waals surface area contributed by atoms with Gasteiger partial charge in [0.2, 0.25) is 5.91 Å². The van der Waals surface area contributed by atoms with E-state index in [4.69, 9.17) is 12.2 Å². The Morgan fingerprint density at radius 2 is 2.29 bits per heavy atom. The summed E-state index contributed by atoms with van der Waals surface area (Å²) >= 11 is 6.51. The molecule has 2 rings (SSSR count). The van der Waals surface area contributed by atoms with Crippen LogP contribution in [0.1, 0.15) is 6.42 Å². The first-order chi connectivity index (χ1) is 9.87. The first-order valence-electron chi connectivity index (χ1n) is 5.89. The van der Waals surface area contributed by atoms with E-state index >= 15 is 0 Å². The number of alkyl halides is 3. The number of nitrogens with zero attached hydrogens (tertiary/aromatic N) is 2. The number of nitrogens with one attached hydrogen (secondary N) is 2. The van der Waals surface area contributed by atoms with Crippen LogP contribution in [0, 0.1) is 4.77 Å². The van der Waals surface area contributed by atoms with Crippen LogP contribution in [0.4, 0.5) is 13.2 Å². The van der Waals surface area contributed by atoms with E-state index in [-0.39, 0.29) is 13.0 Å². The molecule has 5 nitrogen and oxygen atoms in total. The first-order valence-corrected chi connectivity index (χ1v) is 7.18. The molecule has 0 aliphatic carbocycles. The van der Waals surface area contributed by atoms with Gasteiger partial charge in [0.05, 0.1) is 4.88 Å². The molecule has 0 aromatic carbocycles. The highest BCUT2D eigenvalue weighted by molar-refractivity contribution is 7.71. The van der Waals surface area contributed by atoms with Crippen molar-refractivity contribution in [3.05, 3.63) is 22.3 Å². The fraction of sp³-hybridized carbons (Fsp3) is 0.364. The summed E-state index contributed by atoms with van der Waals surface area (Å²) in [6.07, 6.45) is -4.52. The predicted molar refractivity (Wildman–Crippen MR) is 74.4 cm³/mol. The third-order valence-corrected chi connectivity index (χ3v) is 3.73. The van der Waals surface area contributed by atoms with Gasteiger partial charge in [-0.25, -0.2) is 0 Å². The second kappa shape index (κ2) is 6.39. The maximum atomic E-state index is 12.0. The molecule has 2 heterocycles. The maximum Gasteiger partial charge on any atom is 0.405 e. The number of carbonyl (C=O) groups is 1. The van der Waals surface area contributed by atoms with Crippen LogP contribution in [-0.2, 0) is 11.3 Å². The molecule has 114 valence electrons. The van der Waals surface area contributed by atoms with Crippen molar-refractivity contribution in [3.8, 4) is 10.7 Å². The van der Waals surface area contributed by atoms with Gasteiger partial charge in [-0.1, -0.05) is 6.07 Å². The van der Waals surface area contributed by atoms with Crippen LogP contribution < -0.4 is 5.32 Å². The third-order valence-electron chi connectivity index (χ3n) is 2.55. The highest BCUT2D eigenvalue weighted by atomic mass is 32.1. The molecule has 0 fully saturated rings. The minimum Gasteiger partial charge on any atom is -0.347 e. The molecule has 0 bridgehead atoms. The lowest BCUT2D eigenvalue weighted by Gasteiger charge is -2.09. The number of hydrogen-bond acceptors (Lipinski definition) is 4. The average molecular weight is 336 g/mol. The normalized spacial score (nSPS) is 11.6. The zero-order valence-electron chi connectivity index (χ0n) is 10.6. The van der Waals surface area contributed by atoms with E-state index < -0.39 is 18.6 Å². The molecular weight excluding hydrogens is 325 g/mol. The minimum absolute atomic E-state index is 0.109. The largest absolute Gasteiger partial charge is 0.405 e. The van der Waals surface area contributed by atoms with Crippen LogP contribution in [0.15, 0.2) is 17.5 Å². The van der Waals surface area contributed by atoms with Crippen LogP contribution in [0.25, 0.3) is 10.7 Å². The lowest BCUT2D eigenvalue weighted by Crippen LogP contribution is -2.34. The van der Waals surface area contributed by atoms with Crippen molar-refractivity contribution in [3.63, 3.8) is 0 Å². The van der Waals surface area contributed by atoms with Crippen molar-refractivity contribution >= 4 is 29.5 Å². The number of thiophene rings is 1. The average Bonchev–Trinajstić information content (AvgIpc) is 3.02.